The average Bonchev–Trinajstić information content (AvgIpc) is 3.29. The van der Waals surface area contributed by atoms with E-state index in [4.69, 9.17) is 17.2 Å². The SMILES string of the molecule is CC(=O)N[C@H](C(=O)N[C@H](CO)C(=O)N[C@H]1CCNC(=O)[C@H]([C@@H](C)O)NC(=O)[C@H](CCN)NC(=O)[C@H](CCN)NC(=O)[C@H](CC(C)C)NC(=O)[C@@H](Cc2ccccc2)NC(=O)[C@H](CCN)NC1=O)[C@@H](C)O. The van der Waals surface area contributed by atoms with Crippen molar-refractivity contribution in [3.63, 3.8) is 0 Å². The van der Waals surface area contributed by atoms with Crippen molar-refractivity contribution in [2.45, 2.75) is 140 Å². The highest BCUT2D eigenvalue weighted by molar-refractivity contribution is 5.98. The molecule has 0 aromatic heterocycles. The Kier molecular flexibility index (Phi) is 25.9. The van der Waals surface area contributed by atoms with Crippen molar-refractivity contribution in [3.05, 3.63) is 35.9 Å². The van der Waals surface area contributed by atoms with Crippen LogP contribution < -0.4 is 70.4 Å². The standard InChI is InChI=1S/C44H73N13O13/c1-22(2)19-31-40(66)52-27(11-15-45)36(62)51-29(13-17-47)39(65)57-34(23(3)59)43(69)48-18-14-30(53-42(68)33(21-58)56-44(70)35(24(4)60)49-25(5)61)38(64)50-28(12-16-46)37(63)55-32(41(67)54-31)20-26-9-7-6-8-10-26/h6-10,22-24,27-35,58-60H,11-21,45-47H2,1-5H3,(H,48,69)(H,49,61)(H,50,64)(H,51,62)(H,52,66)(H,53,68)(H,54,67)(H,55,63)(H,56,70)(H,57,65)/t23-,24-,27+,28+,29+,30+,31+,32-,33-,34+,35+/m1/s1. The molecule has 1 aliphatic heterocycles. The second-order valence-corrected chi connectivity index (χ2v) is 17.4. The van der Waals surface area contributed by atoms with Gasteiger partial charge in [-0.3, -0.25) is 47.9 Å². The number of hydrogen-bond donors (Lipinski definition) is 16. The molecule has 26 heteroatoms. The predicted molar refractivity (Wildman–Crippen MR) is 252 cm³/mol. The molecule has 0 radical (unpaired) electrons. The van der Waals surface area contributed by atoms with Crippen LogP contribution >= 0.6 is 0 Å². The number of carbonyl (C=O) groups is 10. The number of nitrogens with two attached hydrogens (primary N) is 3. The summed E-state index contributed by atoms with van der Waals surface area (Å²) in [7, 11) is 0. The fraction of sp³-hybridized carbons (Fsp3) is 0.636. The highest BCUT2D eigenvalue weighted by atomic mass is 16.3. The molecule has 26 nitrogen and oxygen atoms in total. The largest absolute Gasteiger partial charge is 0.394 e. The van der Waals surface area contributed by atoms with Gasteiger partial charge >= 0.3 is 0 Å². The van der Waals surface area contributed by atoms with Crippen LogP contribution in [0.4, 0.5) is 0 Å². The van der Waals surface area contributed by atoms with E-state index in [9.17, 15) is 63.3 Å². The molecule has 11 atom stereocenters. The van der Waals surface area contributed by atoms with Gasteiger partial charge < -0.3 is 85.7 Å². The number of rotatable bonds is 18. The third kappa shape index (κ3) is 20.0. The Bertz CT molecular complexity index is 1940. The van der Waals surface area contributed by atoms with Crippen LogP contribution in [0.1, 0.15) is 72.3 Å². The molecular formula is C44H73N13O13. The highest BCUT2D eigenvalue weighted by Gasteiger charge is 2.36. The number of hydrogen-bond acceptors (Lipinski definition) is 16. The molecule has 1 saturated heterocycles. The van der Waals surface area contributed by atoms with Crippen LogP contribution in [0.15, 0.2) is 30.3 Å². The van der Waals surface area contributed by atoms with Crippen LogP contribution in [-0.4, -0.2) is 174 Å². The van der Waals surface area contributed by atoms with Crippen LogP contribution in [0, 0.1) is 5.92 Å². The van der Waals surface area contributed by atoms with E-state index in [0.717, 1.165) is 6.92 Å². The van der Waals surface area contributed by atoms with Crippen molar-refractivity contribution in [2.24, 2.45) is 23.1 Å². The third-order valence-electron chi connectivity index (χ3n) is 10.9. The van der Waals surface area contributed by atoms with Crippen LogP contribution in [0.3, 0.4) is 0 Å². The molecule has 0 spiro atoms. The Labute approximate surface area is 406 Å². The molecular weight excluding hydrogens is 919 g/mol. The molecule has 1 aromatic rings. The highest BCUT2D eigenvalue weighted by Crippen LogP contribution is 2.11. The zero-order chi connectivity index (χ0) is 52.7. The van der Waals surface area contributed by atoms with Crippen LogP contribution in [0.2, 0.25) is 0 Å². The Morgan fingerprint density at radius 2 is 1.11 bits per heavy atom. The van der Waals surface area contributed by atoms with Crippen molar-refractivity contribution in [1.29, 1.82) is 0 Å². The first-order valence-corrected chi connectivity index (χ1v) is 23.2. The Morgan fingerprint density at radius 3 is 1.59 bits per heavy atom. The summed E-state index contributed by atoms with van der Waals surface area (Å²) in [6.45, 7) is 5.08. The fourth-order valence-corrected chi connectivity index (χ4v) is 7.16. The Morgan fingerprint density at radius 1 is 0.643 bits per heavy atom. The average molecular weight is 992 g/mol. The minimum Gasteiger partial charge on any atom is -0.394 e. The zero-order valence-electron chi connectivity index (χ0n) is 40.2. The summed E-state index contributed by atoms with van der Waals surface area (Å²) in [5.74, 6) is -9.53. The topological polar surface area (TPSA) is 430 Å². The van der Waals surface area contributed by atoms with E-state index in [-0.39, 0.29) is 57.7 Å². The normalized spacial score (nSPS) is 24.4. The van der Waals surface area contributed by atoms with Crippen molar-refractivity contribution >= 4 is 59.1 Å². The molecule has 1 heterocycles. The molecule has 0 bridgehead atoms. The number of aliphatic hydroxyl groups is 3. The maximum absolute atomic E-state index is 14.2. The smallest absolute Gasteiger partial charge is 0.245 e. The first kappa shape index (κ1) is 59.8. The van der Waals surface area contributed by atoms with Gasteiger partial charge in [-0.2, -0.15) is 0 Å². The van der Waals surface area contributed by atoms with Gasteiger partial charge in [0, 0.05) is 19.9 Å². The third-order valence-corrected chi connectivity index (χ3v) is 10.9. The molecule has 19 N–H and O–H groups in total. The number of amides is 10. The summed E-state index contributed by atoms with van der Waals surface area (Å²) in [5.41, 5.74) is 18.1. The minimum absolute atomic E-state index is 0.0533. The van der Waals surface area contributed by atoms with Crippen LogP contribution in [-0.2, 0) is 54.4 Å². The van der Waals surface area contributed by atoms with Crippen molar-refractivity contribution in [3.8, 4) is 0 Å². The zero-order valence-corrected chi connectivity index (χ0v) is 40.2. The van der Waals surface area contributed by atoms with Crippen LogP contribution in [0.5, 0.6) is 0 Å². The van der Waals surface area contributed by atoms with E-state index >= 15 is 0 Å². The molecule has 70 heavy (non-hydrogen) atoms. The summed E-state index contributed by atoms with van der Waals surface area (Å²) in [5, 5.41) is 55.4. The van der Waals surface area contributed by atoms with Crippen molar-refractivity contribution < 1.29 is 63.3 Å². The Balaban J connectivity index is 2.73. The van der Waals surface area contributed by atoms with E-state index in [1.54, 1.807) is 44.2 Å². The number of nitrogens with one attached hydrogen (secondary N) is 10. The lowest BCUT2D eigenvalue weighted by Gasteiger charge is -2.28. The maximum Gasteiger partial charge on any atom is 0.245 e. The van der Waals surface area contributed by atoms with Gasteiger partial charge in [0.2, 0.25) is 59.1 Å². The van der Waals surface area contributed by atoms with E-state index in [2.05, 4.69) is 53.2 Å². The maximum atomic E-state index is 14.2. The molecule has 0 aliphatic carbocycles. The van der Waals surface area contributed by atoms with E-state index in [0.29, 0.717) is 5.56 Å². The van der Waals surface area contributed by atoms with E-state index < -0.39 is 145 Å². The van der Waals surface area contributed by atoms with Crippen molar-refractivity contribution in [1.82, 2.24) is 53.2 Å². The van der Waals surface area contributed by atoms with Gasteiger partial charge in [0.15, 0.2) is 0 Å². The monoisotopic (exact) mass is 992 g/mol. The van der Waals surface area contributed by atoms with Gasteiger partial charge in [-0.05, 0) is 77.1 Å². The lowest BCUT2D eigenvalue weighted by atomic mass is 10.00. The number of carbonyl (C=O) groups excluding carboxylic acids is 10. The molecule has 392 valence electrons. The first-order chi connectivity index (χ1) is 33.1. The van der Waals surface area contributed by atoms with E-state index in [1.807, 2.05) is 0 Å². The van der Waals surface area contributed by atoms with Gasteiger partial charge in [-0.25, -0.2) is 0 Å². The van der Waals surface area contributed by atoms with Crippen molar-refractivity contribution in [2.75, 3.05) is 32.8 Å². The van der Waals surface area contributed by atoms with Gasteiger partial charge in [0.05, 0.1) is 18.8 Å². The number of benzene rings is 1. The predicted octanol–water partition coefficient (Wildman–Crippen LogP) is -7.02. The van der Waals surface area contributed by atoms with Gasteiger partial charge in [0.25, 0.3) is 0 Å². The summed E-state index contributed by atoms with van der Waals surface area (Å²) < 4.78 is 0. The lowest BCUT2D eigenvalue weighted by molar-refractivity contribution is -0.136. The molecule has 2 rings (SSSR count). The summed E-state index contributed by atoms with van der Waals surface area (Å²) >= 11 is 0. The fourth-order valence-electron chi connectivity index (χ4n) is 7.16. The molecule has 1 fully saturated rings. The number of aliphatic hydroxyl groups excluding tert-OH is 3. The van der Waals surface area contributed by atoms with Gasteiger partial charge in [-0.1, -0.05) is 44.2 Å². The summed E-state index contributed by atoms with van der Waals surface area (Å²) in [6, 6.07) is -5.08. The quantitative estimate of drug-likeness (QED) is 0.0650. The molecule has 0 unspecified atom stereocenters. The second-order valence-electron chi connectivity index (χ2n) is 17.4. The van der Waals surface area contributed by atoms with E-state index in [1.165, 1.54) is 13.8 Å². The summed E-state index contributed by atoms with van der Waals surface area (Å²) in [6.07, 6.45) is -4.04. The lowest BCUT2D eigenvalue weighted by Crippen LogP contribution is -2.61. The first-order valence-electron chi connectivity index (χ1n) is 23.2. The molecule has 10 amide bonds. The molecule has 1 aliphatic rings. The Hall–Kier alpha value is -6.32. The van der Waals surface area contributed by atoms with Gasteiger partial charge in [0.1, 0.15) is 54.4 Å². The molecule has 0 saturated carbocycles. The summed E-state index contributed by atoms with van der Waals surface area (Å²) in [4.78, 5) is 136. The second kappa shape index (κ2) is 30.3. The molecule has 1 aromatic carbocycles. The van der Waals surface area contributed by atoms with Gasteiger partial charge in [-0.15, -0.1) is 0 Å². The minimum atomic E-state index is -1.78. The van der Waals surface area contributed by atoms with Crippen LogP contribution in [0.25, 0.3) is 0 Å².